The minimum atomic E-state index is -0.852. The van der Waals surface area contributed by atoms with Crippen molar-refractivity contribution in [1.29, 1.82) is 0 Å². The first-order chi connectivity index (χ1) is 7.59. The average Bonchev–Trinajstić information content (AvgIpc) is 2.64. The summed E-state index contributed by atoms with van der Waals surface area (Å²) in [6, 6.07) is 0. The van der Waals surface area contributed by atoms with Crippen LogP contribution in [0.4, 0.5) is 0 Å². The van der Waals surface area contributed by atoms with Gasteiger partial charge in [0, 0.05) is 19.0 Å². The van der Waals surface area contributed by atoms with Crippen LogP contribution in [0.15, 0.2) is 6.20 Å². The van der Waals surface area contributed by atoms with Crippen LogP contribution in [0.3, 0.4) is 0 Å². The van der Waals surface area contributed by atoms with Gasteiger partial charge in [-0.15, -0.1) is 0 Å². The zero-order valence-corrected chi connectivity index (χ0v) is 10.5. The molecule has 16 heavy (non-hydrogen) atoms. The lowest BCUT2D eigenvalue weighted by molar-refractivity contribution is -0.0463. The summed E-state index contributed by atoms with van der Waals surface area (Å²) in [4.78, 5) is 0. The fraction of sp³-hybridized carbons (Fsp3) is 0.727. The minimum Gasteiger partial charge on any atom is -0.383 e. The molecule has 1 saturated heterocycles. The van der Waals surface area contributed by atoms with E-state index < -0.39 is 5.60 Å². The molecule has 1 aromatic rings. The van der Waals surface area contributed by atoms with E-state index in [0.717, 1.165) is 25.3 Å². The molecule has 0 aromatic carbocycles. The number of hydrogen-bond donors (Lipinski definition) is 2. The second kappa shape index (κ2) is 4.35. The first kappa shape index (κ1) is 11.9. The molecule has 0 bridgehead atoms. The maximum Gasteiger partial charge on any atom is 0.113 e. The predicted molar refractivity (Wildman–Crippen MR) is 63.5 cm³/mol. The molecule has 2 heterocycles. The van der Waals surface area contributed by atoms with Gasteiger partial charge in [-0.2, -0.15) is 5.10 Å². The van der Waals surface area contributed by atoms with Crippen LogP contribution in [0.2, 0.25) is 5.02 Å². The van der Waals surface area contributed by atoms with Gasteiger partial charge >= 0.3 is 0 Å². The molecule has 2 N–H and O–H groups in total. The van der Waals surface area contributed by atoms with Gasteiger partial charge in [0.15, 0.2) is 0 Å². The molecule has 2 unspecified atom stereocenters. The Kier molecular flexibility index (Phi) is 3.24. The first-order valence-corrected chi connectivity index (χ1v) is 6.12. The minimum absolute atomic E-state index is 0.140. The number of hydrogen-bond acceptors (Lipinski definition) is 3. The van der Waals surface area contributed by atoms with E-state index in [2.05, 4.69) is 10.4 Å². The summed E-state index contributed by atoms with van der Waals surface area (Å²) in [6.07, 6.45) is 2.30. The largest absolute Gasteiger partial charge is 0.383 e. The summed E-state index contributed by atoms with van der Waals surface area (Å²) in [5.41, 5.74) is -0.0832. The Morgan fingerprint density at radius 3 is 3.12 bits per heavy atom. The number of piperidine rings is 1. The van der Waals surface area contributed by atoms with E-state index in [9.17, 15) is 5.11 Å². The topological polar surface area (TPSA) is 50.1 Å². The monoisotopic (exact) mass is 243 g/mol. The van der Waals surface area contributed by atoms with Gasteiger partial charge in [0.25, 0.3) is 0 Å². The number of aromatic nitrogens is 2. The molecule has 1 aromatic heterocycles. The molecular formula is C11H18ClN3O. The van der Waals surface area contributed by atoms with E-state index in [1.54, 1.807) is 10.9 Å². The highest BCUT2D eigenvalue weighted by molar-refractivity contribution is 6.31. The lowest BCUT2D eigenvalue weighted by Gasteiger charge is -2.39. The molecule has 2 rings (SSSR count). The Balaban J connectivity index is 2.44. The lowest BCUT2D eigenvalue weighted by atomic mass is 9.80. The van der Waals surface area contributed by atoms with Crippen molar-refractivity contribution < 1.29 is 5.11 Å². The Labute approximate surface area is 101 Å². The van der Waals surface area contributed by atoms with Crippen molar-refractivity contribution in [2.45, 2.75) is 32.4 Å². The molecule has 90 valence electrons. The molecule has 1 aliphatic rings. The molecule has 5 heteroatoms. The summed E-state index contributed by atoms with van der Waals surface area (Å²) in [5.74, 6) is 0.140. The van der Waals surface area contributed by atoms with Crippen molar-refractivity contribution >= 4 is 11.6 Å². The average molecular weight is 244 g/mol. The molecule has 1 aliphatic heterocycles. The predicted octanol–water partition coefficient (Wildman–Crippen LogP) is 1.37. The highest BCUT2D eigenvalue weighted by Crippen LogP contribution is 2.38. The quantitative estimate of drug-likeness (QED) is 0.825. The van der Waals surface area contributed by atoms with Gasteiger partial charge in [-0.3, -0.25) is 4.68 Å². The molecule has 0 radical (unpaired) electrons. The van der Waals surface area contributed by atoms with Crippen LogP contribution in [0.1, 0.15) is 26.0 Å². The fourth-order valence-corrected chi connectivity index (χ4v) is 2.70. The molecule has 0 aliphatic carbocycles. The van der Waals surface area contributed by atoms with Crippen LogP contribution in [0, 0.1) is 5.92 Å². The maximum absolute atomic E-state index is 10.8. The van der Waals surface area contributed by atoms with E-state index in [1.165, 1.54) is 0 Å². The standard InChI is InChI=1S/C11H18ClN3O/c1-3-15-10(9(12)7-14-15)11(16)4-5-13-6-8(11)2/h7-8,13,16H,3-6H2,1-2H3. The number of halogens is 1. The van der Waals surface area contributed by atoms with Crippen LogP contribution in [-0.2, 0) is 12.1 Å². The first-order valence-electron chi connectivity index (χ1n) is 5.74. The van der Waals surface area contributed by atoms with Crippen LogP contribution >= 0.6 is 11.6 Å². The van der Waals surface area contributed by atoms with E-state index in [4.69, 9.17) is 11.6 Å². The van der Waals surface area contributed by atoms with Gasteiger partial charge in [-0.1, -0.05) is 18.5 Å². The maximum atomic E-state index is 10.8. The third kappa shape index (κ3) is 1.75. The molecule has 0 amide bonds. The zero-order chi connectivity index (χ0) is 11.8. The van der Waals surface area contributed by atoms with Crippen LogP contribution in [0.5, 0.6) is 0 Å². The highest BCUT2D eigenvalue weighted by atomic mass is 35.5. The van der Waals surface area contributed by atoms with Gasteiger partial charge in [-0.05, 0) is 19.9 Å². The lowest BCUT2D eigenvalue weighted by Crippen LogP contribution is -2.48. The smallest absolute Gasteiger partial charge is 0.113 e. The molecule has 4 nitrogen and oxygen atoms in total. The van der Waals surface area contributed by atoms with E-state index in [1.807, 2.05) is 13.8 Å². The summed E-state index contributed by atoms with van der Waals surface area (Å²) < 4.78 is 1.80. The summed E-state index contributed by atoms with van der Waals surface area (Å²) in [7, 11) is 0. The van der Waals surface area contributed by atoms with Crippen molar-refractivity contribution in [2.75, 3.05) is 13.1 Å². The number of nitrogens with one attached hydrogen (secondary N) is 1. The third-order valence-electron chi connectivity index (χ3n) is 3.45. The van der Waals surface area contributed by atoms with Gasteiger partial charge < -0.3 is 10.4 Å². The Morgan fingerprint density at radius 2 is 2.50 bits per heavy atom. The number of rotatable bonds is 2. The number of nitrogens with zero attached hydrogens (tertiary/aromatic N) is 2. The van der Waals surface area contributed by atoms with Gasteiger partial charge in [0.05, 0.1) is 16.9 Å². The highest BCUT2D eigenvalue weighted by Gasteiger charge is 2.41. The Hall–Kier alpha value is -0.580. The summed E-state index contributed by atoms with van der Waals surface area (Å²) >= 11 is 6.15. The van der Waals surface area contributed by atoms with E-state index in [-0.39, 0.29) is 5.92 Å². The van der Waals surface area contributed by atoms with E-state index in [0.29, 0.717) is 11.4 Å². The van der Waals surface area contributed by atoms with Crippen molar-refractivity contribution in [2.24, 2.45) is 5.92 Å². The Morgan fingerprint density at radius 1 is 1.75 bits per heavy atom. The Bertz CT molecular complexity index is 379. The van der Waals surface area contributed by atoms with Gasteiger partial charge in [0.1, 0.15) is 5.60 Å². The van der Waals surface area contributed by atoms with Gasteiger partial charge in [-0.25, -0.2) is 0 Å². The molecule has 2 atom stereocenters. The third-order valence-corrected chi connectivity index (χ3v) is 3.73. The normalized spacial score (nSPS) is 30.6. The molecule has 0 spiro atoms. The van der Waals surface area contributed by atoms with Crippen molar-refractivity contribution in [3.8, 4) is 0 Å². The molecule has 1 fully saturated rings. The number of aliphatic hydroxyl groups is 1. The second-order valence-corrected chi connectivity index (χ2v) is 4.84. The molecule has 0 saturated carbocycles. The second-order valence-electron chi connectivity index (χ2n) is 4.44. The van der Waals surface area contributed by atoms with E-state index >= 15 is 0 Å². The van der Waals surface area contributed by atoms with Crippen molar-refractivity contribution in [3.05, 3.63) is 16.9 Å². The summed E-state index contributed by atoms with van der Waals surface area (Å²) in [5, 5.41) is 18.8. The SMILES string of the molecule is CCn1ncc(Cl)c1C1(O)CCNCC1C. The molecular weight excluding hydrogens is 226 g/mol. The van der Waals surface area contributed by atoms with Gasteiger partial charge in [0.2, 0.25) is 0 Å². The van der Waals surface area contributed by atoms with Crippen molar-refractivity contribution in [3.63, 3.8) is 0 Å². The van der Waals surface area contributed by atoms with Crippen molar-refractivity contribution in [1.82, 2.24) is 15.1 Å². The zero-order valence-electron chi connectivity index (χ0n) is 9.70. The summed E-state index contributed by atoms with van der Waals surface area (Å²) in [6.45, 7) is 6.38. The van der Waals surface area contributed by atoms with Crippen LogP contribution in [-0.4, -0.2) is 28.0 Å². The van der Waals surface area contributed by atoms with Crippen LogP contribution < -0.4 is 5.32 Å². The fourth-order valence-electron chi connectivity index (χ4n) is 2.40. The number of aryl methyl sites for hydroxylation is 1. The van der Waals surface area contributed by atoms with Crippen LogP contribution in [0.25, 0.3) is 0 Å².